The predicted octanol–water partition coefficient (Wildman–Crippen LogP) is 5.94. The van der Waals surface area contributed by atoms with E-state index in [1.165, 1.54) is 7.11 Å². The molecule has 0 unspecified atom stereocenters. The summed E-state index contributed by atoms with van der Waals surface area (Å²) < 4.78 is 10.9. The van der Waals surface area contributed by atoms with Gasteiger partial charge in [0.25, 0.3) is 0 Å². The number of hydrogen-bond acceptors (Lipinski definition) is 4. The highest BCUT2D eigenvalue weighted by molar-refractivity contribution is 6.30. The molecule has 3 aromatic carbocycles. The van der Waals surface area contributed by atoms with Crippen LogP contribution in [0.15, 0.2) is 66.7 Å². The summed E-state index contributed by atoms with van der Waals surface area (Å²) in [5.41, 5.74) is 3.41. The Morgan fingerprint density at radius 2 is 1.76 bits per heavy atom. The van der Waals surface area contributed by atoms with E-state index in [-0.39, 0.29) is 0 Å². The fraction of sp³-hybridized carbons (Fsp3) is 0.0833. The Balaban J connectivity index is 1.87. The Morgan fingerprint density at radius 1 is 1.00 bits per heavy atom. The molecule has 0 aromatic heterocycles. The lowest BCUT2D eigenvalue weighted by Gasteiger charge is -2.10. The number of halogens is 1. The van der Waals surface area contributed by atoms with E-state index < -0.39 is 5.97 Å². The molecule has 29 heavy (non-hydrogen) atoms. The number of rotatable bonds is 5. The molecular formula is C24H18ClNO3. The third kappa shape index (κ3) is 5.04. The minimum Gasteiger partial charge on any atom is -0.493 e. The van der Waals surface area contributed by atoms with Gasteiger partial charge >= 0.3 is 5.97 Å². The molecular weight excluding hydrogens is 386 g/mol. The Hall–Kier alpha value is -3.55. The molecule has 0 heterocycles. The number of nitriles is 1. The molecule has 0 N–H and O–H groups in total. The van der Waals surface area contributed by atoms with Crippen LogP contribution in [0.3, 0.4) is 0 Å². The van der Waals surface area contributed by atoms with Crippen molar-refractivity contribution in [2.75, 3.05) is 7.11 Å². The predicted molar refractivity (Wildman–Crippen MR) is 114 cm³/mol. The molecule has 0 aliphatic carbocycles. The highest BCUT2D eigenvalue weighted by Crippen LogP contribution is 2.30. The molecule has 0 amide bonds. The fourth-order valence-electron chi connectivity index (χ4n) is 2.77. The van der Waals surface area contributed by atoms with Gasteiger partial charge in [-0.3, -0.25) is 0 Å². The molecule has 0 radical (unpaired) electrons. The Morgan fingerprint density at radius 3 is 2.41 bits per heavy atom. The van der Waals surface area contributed by atoms with Gasteiger partial charge < -0.3 is 9.47 Å². The minimum absolute atomic E-state index is 0.307. The standard InChI is InChI=1S/C24H18ClNO3/c1-16-4-3-5-19(12-16)24(27)29-22-11-6-17(14-23(22)28-2)13-20(15-26)18-7-9-21(25)10-8-18/h3-14H,1-2H3. The third-order valence-electron chi connectivity index (χ3n) is 4.23. The third-order valence-corrected chi connectivity index (χ3v) is 4.48. The molecule has 0 aliphatic heterocycles. The fourth-order valence-corrected chi connectivity index (χ4v) is 2.89. The highest BCUT2D eigenvalue weighted by Gasteiger charge is 2.13. The van der Waals surface area contributed by atoms with Crippen LogP contribution in [0.25, 0.3) is 11.6 Å². The SMILES string of the molecule is COc1cc(C=C(C#N)c2ccc(Cl)cc2)ccc1OC(=O)c1cccc(C)c1. The molecule has 3 rings (SSSR count). The zero-order chi connectivity index (χ0) is 20.8. The molecule has 0 aliphatic rings. The summed E-state index contributed by atoms with van der Waals surface area (Å²) in [5.74, 6) is 0.239. The van der Waals surface area contributed by atoms with Gasteiger partial charge in [0.15, 0.2) is 11.5 Å². The van der Waals surface area contributed by atoms with Crippen LogP contribution in [-0.4, -0.2) is 13.1 Å². The van der Waals surface area contributed by atoms with Gasteiger partial charge in [0, 0.05) is 5.02 Å². The van der Waals surface area contributed by atoms with Crippen molar-refractivity contribution in [3.8, 4) is 17.6 Å². The van der Waals surface area contributed by atoms with Gasteiger partial charge in [-0.05, 0) is 60.5 Å². The number of esters is 1. The minimum atomic E-state index is -0.464. The van der Waals surface area contributed by atoms with Gasteiger partial charge in [-0.1, -0.05) is 47.5 Å². The van der Waals surface area contributed by atoms with Crippen LogP contribution < -0.4 is 9.47 Å². The molecule has 0 fully saturated rings. The maximum absolute atomic E-state index is 12.4. The van der Waals surface area contributed by atoms with Gasteiger partial charge in [0.1, 0.15) is 0 Å². The molecule has 0 saturated heterocycles. The van der Waals surface area contributed by atoms with Crippen LogP contribution in [0.5, 0.6) is 11.5 Å². The van der Waals surface area contributed by atoms with E-state index in [0.717, 1.165) is 16.7 Å². The molecule has 3 aromatic rings. The van der Waals surface area contributed by atoms with Crippen LogP contribution in [0.2, 0.25) is 5.02 Å². The van der Waals surface area contributed by atoms with Gasteiger partial charge in [-0.15, -0.1) is 0 Å². The lowest BCUT2D eigenvalue weighted by molar-refractivity contribution is 0.0729. The number of carbonyl (C=O) groups excluding carboxylic acids is 1. The number of methoxy groups -OCH3 is 1. The van der Waals surface area contributed by atoms with Crippen LogP contribution in [0.4, 0.5) is 0 Å². The van der Waals surface area contributed by atoms with Crippen molar-refractivity contribution < 1.29 is 14.3 Å². The average molecular weight is 404 g/mol. The van der Waals surface area contributed by atoms with Crippen LogP contribution >= 0.6 is 11.6 Å². The molecule has 0 saturated carbocycles. The maximum atomic E-state index is 12.4. The number of hydrogen-bond donors (Lipinski definition) is 0. The smallest absolute Gasteiger partial charge is 0.343 e. The number of ether oxygens (including phenoxy) is 2. The van der Waals surface area contributed by atoms with Crippen molar-refractivity contribution in [1.82, 2.24) is 0 Å². The van der Waals surface area contributed by atoms with Crippen LogP contribution in [0, 0.1) is 18.3 Å². The normalized spacial score (nSPS) is 10.9. The summed E-state index contributed by atoms with van der Waals surface area (Å²) in [6, 6.07) is 21.5. The second-order valence-corrected chi connectivity index (χ2v) is 6.78. The zero-order valence-corrected chi connectivity index (χ0v) is 16.7. The van der Waals surface area contributed by atoms with E-state index in [1.807, 2.05) is 13.0 Å². The van der Waals surface area contributed by atoms with Gasteiger partial charge in [0.2, 0.25) is 0 Å². The van der Waals surface area contributed by atoms with E-state index in [1.54, 1.807) is 66.7 Å². The topological polar surface area (TPSA) is 59.3 Å². The van der Waals surface area contributed by atoms with Crippen LogP contribution in [-0.2, 0) is 0 Å². The summed E-state index contributed by atoms with van der Waals surface area (Å²) in [6.45, 7) is 1.91. The number of benzene rings is 3. The first kappa shape index (κ1) is 20.2. The lowest BCUT2D eigenvalue weighted by atomic mass is 10.0. The van der Waals surface area contributed by atoms with Crippen molar-refractivity contribution in [2.45, 2.75) is 6.92 Å². The largest absolute Gasteiger partial charge is 0.493 e. The lowest BCUT2D eigenvalue weighted by Crippen LogP contribution is -2.09. The number of carbonyl (C=O) groups is 1. The van der Waals surface area contributed by atoms with Crippen molar-refractivity contribution >= 4 is 29.2 Å². The Labute approximate surface area is 174 Å². The number of aryl methyl sites for hydroxylation is 1. The monoisotopic (exact) mass is 403 g/mol. The highest BCUT2D eigenvalue weighted by atomic mass is 35.5. The van der Waals surface area contributed by atoms with Crippen molar-refractivity contribution in [3.05, 3.63) is 94.0 Å². The van der Waals surface area contributed by atoms with Crippen molar-refractivity contribution in [1.29, 1.82) is 5.26 Å². The van der Waals surface area contributed by atoms with Crippen LogP contribution in [0.1, 0.15) is 27.0 Å². The summed E-state index contributed by atoms with van der Waals surface area (Å²) in [7, 11) is 1.50. The zero-order valence-electron chi connectivity index (χ0n) is 16.0. The van der Waals surface area contributed by atoms with E-state index in [9.17, 15) is 10.1 Å². The summed E-state index contributed by atoms with van der Waals surface area (Å²) in [6.07, 6.45) is 1.73. The van der Waals surface area contributed by atoms with E-state index in [4.69, 9.17) is 21.1 Å². The Kier molecular flexibility index (Phi) is 6.33. The molecule has 0 spiro atoms. The van der Waals surface area contributed by atoms with Crippen molar-refractivity contribution in [2.24, 2.45) is 0 Å². The molecule has 144 valence electrons. The maximum Gasteiger partial charge on any atom is 0.343 e. The van der Waals surface area contributed by atoms with E-state index in [2.05, 4.69) is 6.07 Å². The second-order valence-electron chi connectivity index (χ2n) is 6.35. The molecule has 0 bridgehead atoms. The number of allylic oxidation sites excluding steroid dienone is 1. The Bertz CT molecular complexity index is 1110. The van der Waals surface area contributed by atoms with Crippen molar-refractivity contribution in [3.63, 3.8) is 0 Å². The summed E-state index contributed by atoms with van der Waals surface area (Å²) in [4.78, 5) is 12.4. The first-order valence-electron chi connectivity index (χ1n) is 8.85. The van der Waals surface area contributed by atoms with Gasteiger partial charge in [0.05, 0.1) is 24.3 Å². The first-order valence-corrected chi connectivity index (χ1v) is 9.22. The summed E-state index contributed by atoms with van der Waals surface area (Å²) in [5, 5.41) is 10.1. The van der Waals surface area contributed by atoms with E-state index >= 15 is 0 Å². The molecule has 5 heteroatoms. The van der Waals surface area contributed by atoms with E-state index in [0.29, 0.717) is 27.7 Å². The second kappa shape index (κ2) is 9.09. The van der Waals surface area contributed by atoms with Gasteiger partial charge in [-0.2, -0.15) is 5.26 Å². The quantitative estimate of drug-likeness (QED) is 0.229. The molecule has 4 nitrogen and oxygen atoms in total. The average Bonchev–Trinajstić information content (AvgIpc) is 2.73. The number of nitrogens with zero attached hydrogens (tertiary/aromatic N) is 1. The summed E-state index contributed by atoms with van der Waals surface area (Å²) >= 11 is 5.91. The molecule has 0 atom stereocenters. The van der Waals surface area contributed by atoms with Gasteiger partial charge in [-0.25, -0.2) is 4.79 Å². The first-order chi connectivity index (χ1) is 14.0.